The molecule has 0 bridgehead atoms. The zero-order valence-corrected chi connectivity index (χ0v) is 10.3. The third-order valence-corrected chi connectivity index (χ3v) is 1.78. The van der Waals surface area contributed by atoms with Crippen molar-refractivity contribution in [1.29, 1.82) is 0 Å². The highest BCUT2D eigenvalue weighted by Gasteiger charge is 1.92. The number of hydrogen-bond donors (Lipinski definition) is 0. The van der Waals surface area contributed by atoms with E-state index >= 15 is 0 Å². The van der Waals surface area contributed by atoms with Gasteiger partial charge >= 0.3 is 0 Å². The lowest BCUT2D eigenvalue weighted by Crippen LogP contribution is -1.86. The largest absolute Gasteiger partial charge is 0.495 e. The summed E-state index contributed by atoms with van der Waals surface area (Å²) in [6, 6.07) is 0. The average Bonchev–Trinajstić information content (AvgIpc) is 2.22. The SMILES string of the molecule is C=C(C)/C=C\C(=C)C(=C)/C=C\C(=C)OCC. The molecule has 0 aromatic heterocycles. The molecular formula is C15H20O. The first-order valence-electron chi connectivity index (χ1n) is 5.19. The fourth-order valence-electron chi connectivity index (χ4n) is 0.884. The Morgan fingerprint density at radius 1 is 0.938 bits per heavy atom. The van der Waals surface area contributed by atoms with Gasteiger partial charge < -0.3 is 4.74 Å². The van der Waals surface area contributed by atoms with Gasteiger partial charge in [-0.1, -0.05) is 50.1 Å². The van der Waals surface area contributed by atoms with Crippen molar-refractivity contribution in [3.8, 4) is 0 Å². The first-order chi connectivity index (χ1) is 7.47. The Bertz CT molecular complexity index is 354. The second-order valence-corrected chi connectivity index (χ2v) is 3.46. The van der Waals surface area contributed by atoms with E-state index in [9.17, 15) is 0 Å². The Morgan fingerprint density at radius 2 is 1.44 bits per heavy atom. The molecule has 0 heterocycles. The molecule has 0 aliphatic carbocycles. The second kappa shape index (κ2) is 7.52. The summed E-state index contributed by atoms with van der Waals surface area (Å²) in [5.74, 6) is 0.625. The van der Waals surface area contributed by atoms with E-state index < -0.39 is 0 Å². The van der Waals surface area contributed by atoms with Crippen LogP contribution in [0, 0.1) is 0 Å². The van der Waals surface area contributed by atoms with Crippen LogP contribution in [-0.2, 0) is 4.74 Å². The van der Waals surface area contributed by atoms with Crippen molar-refractivity contribution in [2.75, 3.05) is 6.61 Å². The normalized spacial score (nSPS) is 10.6. The standard InChI is InChI=1S/C15H20O/c1-7-16-15(6)11-10-14(5)13(4)9-8-12(2)3/h8-11H,2,4-7H2,1,3H3/b9-8-,11-10-. The van der Waals surface area contributed by atoms with Crippen molar-refractivity contribution in [3.63, 3.8) is 0 Å². The van der Waals surface area contributed by atoms with Crippen LogP contribution >= 0.6 is 0 Å². The number of rotatable bonds is 7. The lowest BCUT2D eigenvalue weighted by Gasteiger charge is -2.02. The van der Waals surface area contributed by atoms with Crippen LogP contribution < -0.4 is 0 Å². The summed E-state index contributed by atoms with van der Waals surface area (Å²) in [5.41, 5.74) is 2.67. The van der Waals surface area contributed by atoms with Crippen LogP contribution in [0.15, 0.2) is 73.1 Å². The minimum atomic E-state index is 0.617. The number of ether oxygens (including phenoxy) is 1. The molecule has 0 aliphatic heterocycles. The highest BCUT2D eigenvalue weighted by molar-refractivity contribution is 5.44. The first-order valence-corrected chi connectivity index (χ1v) is 5.19. The third kappa shape index (κ3) is 6.66. The van der Waals surface area contributed by atoms with Gasteiger partial charge in [-0.25, -0.2) is 0 Å². The zero-order valence-electron chi connectivity index (χ0n) is 10.3. The predicted octanol–water partition coefficient (Wildman–Crippen LogP) is 4.34. The van der Waals surface area contributed by atoms with Crippen LogP contribution in [0.1, 0.15) is 13.8 Å². The molecule has 0 rings (SSSR count). The van der Waals surface area contributed by atoms with Gasteiger partial charge in [0.1, 0.15) is 5.76 Å². The lowest BCUT2D eigenvalue weighted by molar-refractivity contribution is 0.244. The highest BCUT2D eigenvalue weighted by atomic mass is 16.5. The van der Waals surface area contributed by atoms with Gasteiger partial charge in [0.2, 0.25) is 0 Å². The van der Waals surface area contributed by atoms with Crippen LogP contribution in [0.3, 0.4) is 0 Å². The van der Waals surface area contributed by atoms with E-state index in [2.05, 4.69) is 26.3 Å². The summed E-state index contributed by atoms with van der Waals surface area (Å²) in [5, 5.41) is 0. The van der Waals surface area contributed by atoms with Crippen LogP contribution in [-0.4, -0.2) is 6.61 Å². The molecule has 1 nitrogen and oxygen atoms in total. The van der Waals surface area contributed by atoms with E-state index in [1.165, 1.54) is 0 Å². The Balaban J connectivity index is 4.31. The summed E-state index contributed by atoms with van der Waals surface area (Å²) in [4.78, 5) is 0. The molecule has 0 spiro atoms. The van der Waals surface area contributed by atoms with Crippen molar-refractivity contribution in [2.24, 2.45) is 0 Å². The molecule has 0 saturated carbocycles. The summed E-state index contributed by atoms with van der Waals surface area (Å²) >= 11 is 0. The summed E-state index contributed by atoms with van der Waals surface area (Å²) in [7, 11) is 0. The quantitative estimate of drug-likeness (QED) is 0.454. The van der Waals surface area contributed by atoms with Gasteiger partial charge in [0.25, 0.3) is 0 Å². The van der Waals surface area contributed by atoms with Gasteiger partial charge in [0.05, 0.1) is 6.61 Å². The zero-order chi connectivity index (χ0) is 12.6. The Kier molecular flexibility index (Phi) is 6.69. The van der Waals surface area contributed by atoms with Crippen molar-refractivity contribution >= 4 is 0 Å². The van der Waals surface area contributed by atoms with E-state index in [1.807, 2.05) is 32.1 Å². The van der Waals surface area contributed by atoms with Gasteiger partial charge in [-0.05, 0) is 31.1 Å². The maximum absolute atomic E-state index is 5.19. The minimum Gasteiger partial charge on any atom is -0.495 e. The van der Waals surface area contributed by atoms with E-state index in [1.54, 1.807) is 6.08 Å². The van der Waals surface area contributed by atoms with Crippen LogP contribution in [0.5, 0.6) is 0 Å². The van der Waals surface area contributed by atoms with Crippen molar-refractivity contribution < 1.29 is 4.74 Å². The van der Waals surface area contributed by atoms with E-state index in [4.69, 9.17) is 4.74 Å². The molecule has 0 radical (unpaired) electrons. The van der Waals surface area contributed by atoms with Crippen molar-refractivity contribution in [2.45, 2.75) is 13.8 Å². The molecule has 1 heteroatoms. The summed E-state index contributed by atoms with van der Waals surface area (Å²) in [6.45, 7) is 19.8. The van der Waals surface area contributed by atoms with Crippen LogP contribution in [0.4, 0.5) is 0 Å². The van der Waals surface area contributed by atoms with Gasteiger partial charge in [-0.15, -0.1) is 0 Å². The summed E-state index contributed by atoms with van der Waals surface area (Å²) in [6.07, 6.45) is 7.41. The van der Waals surface area contributed by atoms with Gasteiger partial charge in [-0.3, -0.25) is 0 Å². The monoisotopic (exact) mass is 216 g/mol. The average molecular weight is 216 g/mol. The highest BCUT2D eigenvalue weighted by Crippen LogP contribution is 2.11. The van der Waals surface area contributed by atoms with Gasteiger partial charge in [-0.2, -0.15) is 0 Å². The first kappa shape index (κ1) is 14.2. The predicted molar refractivity (Wildman–Crippen MR) is 72.1 cm³/mol. The number of hydrogen-bond acceptors (Lipinski definition) is 1. The fraction of sp³-hybridized carbons (Fsp3) is 0.200. The van der Waals surface area contributed by atoms with Gasteiger partial charge in [0.15, 0.2) is 0 Å². The Morgan fingerprint density at radius 3 is 1.88 bits per heavy atom. The van der Waals surface area contributed by atoms with Crippen molar-refractivity contribution in [1.82, 2.24) is 0 Å². The molecule has 0 fully saturated rings. The van der Waals surface area contributed by atoms with E-state index in [-0.39, 0.29) is 0 Å². The molecule has 0 aromatic carbocycles. The van der Waals surface area contributed by atoms with Crippen molar-refractivity contribution in [3.05, 3.63) is 73.1 Å². The topological polar surface area (TPSA) is 9.23 Å². The third-order valence-electron chi connectivity index (χ3n) is 1.78. The Labute approximate surface area is 98.8 Å². The smallest absolute Gasteiger partial charge is 0.112 e. The fourth-order valence-corrected chi connectivity index (χ4v) is 0.884. The molecule has 0 unspecified atom stereocenters. The van der Waals surface area contributed by atoms with Crippen LogP contribution in [0.25, 0.3) is 0 Å². The molecule has 0 saturated heterocycles. The maximum atomic E-state index is 5.19. The minimum absolute atomic E-state index is 0.617. The molecule has 86 valence electrons. The number of allylic oxidation sites excluding steroid dienone is 7. The summed E-state index contributed by atoms with van der Waals surface area (Å²) < 4.78 is 5.19. The lowest BCUT2D eigenvalue weighted by atomic mass is 10.1. The molecular weight excluding hydrogens is 196 g/mol. The molecule has 16 heavy (non-hydrogen) atoms. The van der Waals surface area contributed by atoms with Crippen LogP contribution in [0.2, 0.25) is 0 Å². The second-order valence-electron chi connectivity index (χ2n) is 3.46. The molecule has 0 atom stereocenters. The molecule has 0 amide bonds. The molecule has 0 N–H and O–H groups in total. The Hall–Kier alpha value is -1.76. The van der Waals surface area contributed by atoms with E-state index in [0.29, 0.717) is 12.4 Å². The maximum Gasteiger partial charge on any atom is 0.112 e. The molecule has 0 aliphatic rings. The molecule has 0 aromatic rings. The van der Waals surface area contributed by atoms with Gasteiger partial charge in [0, 0.05) is 0 Å². The van der Waals surface area contributed by atoms with E-state index in [0.717, 1.165) is 16.7 Å².